The highest BCUT2D eigenvalue weighted by Crippen LogP contribution is 2.52. The Labute approximate surface area is 163 Å². The Morgan fingerprint density at radius 2 is 1.89 bits per heavy atom. The number of hydrogen-bond donors (Lipinski definition) is 1. The van der Waals surface area contributed by atoms with Crippen LogP contribution in [0.3, 0.4) is 0 Å². The number of anilines is 1. The zero-order valence-electron chi connectivity index (χ0n) is 14.8. The Morgan fingerprint density at radius 1 is 1.18 bits per heavy atom. The molecule has 0 radical (unpaired) electrons. The molecule has 2 heterocycles. The van der Waals surface area contributed by atoms with E-state index in [9.17, 15) is 13.6 Å². The minimum absolute atomic E-state index is 0.0345. The molecule has 0 bridgehead atoms. The number of hydrogen-bond acceptors (Lipinski definition) is 6. The van der Waals surface area contributed by atoms with Crippen molar-refractivity contribution in [3.05, 3.63) is 35.0 Å². The van der Waals surface area contributed by atoms with Crippen molar-refractivity contribution >= 4 is 23.3 Å². The van der Waals surface area contributed by atoms with Crippen LogP contribution in [-0.2, 0) is 10.2 Å². The van der Waals surface area contributed by atoms with E-state index < -0.39 is 11.7 Å². The number of alkyl halides is 2. The van der Waals surface area contributed by atoms with E-state index in [0.717, 1.165) is 0 Å². The number of aromatic nitrogens is 1. The lowest BCUT2D eigenvalue weighted by Crippen LogP contribution is -2.28. The van der Waals surface area contributed by atoms with Crippen LogP contribution in [-0.4, -0.2) is 31.4 Å². The number of nitrogens with one attached hydrogen (secondary N) is 1. The van der Waals surface area contributed by atoms with Gasteiger partial charge in [0.1, 0.15) is 5.82 Å². The van der Waals surface area contributed by atoms with E-state index in [1.54, 1.807) is 6.07 Å². The summed E-state index contributed by atoms with van der Waals surface area (Å²) in [5.41, 5.74) is -0.311. The second kappa shape index (κ2) is 6.37. The highest BCUT2D eigenvalue weighted by atomic mass is 35.5. The quantitative estimate of drug-likeness (QED) is 0.754. The standard InChI is InChI=1S/C18H15ClF2N2O5/c1-25-12-8-13(22-15(19)14(12)26-2)23-16(24)17(5-6-17)9-3-4-10-11(7-9)28-18(20,21)27-10/h3-4,7-8H,5-6H2,1-2H3,(H,22,23,24). The molecule has 4 rings (SSSR count). The minimum atomic E-state index is -3.71. The molecule has 0 atom stereocenters. The van der Waals surface area contributed by atoms with Crippen molar-refractivity contribution < 1.29 is 32.5 Å². The van der Waals surface area contributed by atoms with Crippen LogP contribution in [0.5, 0.6) is 23.0 Å². The smallest absolute Gasteiger partial charge is 0.493 e. The first-order valence-corrected chi connectivity index (χ1v) is 8.66. The summed E-state index contributed by atoms with van der Waals surface area (Å²) in [7, 11) is 2.86. The van der Waals surface area contributed by atoms with Gasteiger partial charge in [0.2, 0.25) is 5.91 Å². The second-order valence-electron chi connectivity index (χ2n) is 6.40. The molecule has 0 saturated heterocycles. The van der Waals surface area contributed by atoms with Crippen LogP contribution in [0.1, 0.15) is 18.4 Å². The molecule has 0 unspecified atom stereocenters. The van der Waals surface area contributed by atoms with Gasteiger partial charge in [-0.05, 0) is 30.5 Å². The molecular formula is C18H15ClF2N2O5. The van der Waals surface area contributed by atoms with Gasteiger partial charge in [-0.2, -0.15) is 0 Å². The zero-order valence-corrected chi connectivity index (χ0v) is 15.6. The molecule has 0 spiro atoms. The number of carbonyl (C=O) groups excluding carboxylic acids is 1. The Morgan fingerprint density at radius 3 is 2.54 bits per heavy atom. The molecular weight excluding hydrogens is 398 g/mol. The van der Waals surface area contributed by atoms with Crippen molar-refractivity contribution in [3.8, 4) is 23.0 Å². The molecule has 28 heavy (non-hydrogen) atoms. The van der Waals surface area contributed by atoms with Gasteiger partial charge in [0.15, 0.2) is 28.2 Å². The Hall–Kier alpha value is -2.81. The molecule has 1 aromatic heterocycles. The molecule has 148 valence electrons. The maximum absolute atomic E-state index is 13.2. The maximum atomic E-state index is 13.2. The number of carbonyl (C=O) groups is 1. The molecule has 10 heteroatoms. The van der Waals surface area contributed by atoms with E-state index in [2.05, 4.69) is 19.8 Å². The number of amides is 1. The molecule has 2 aromatic rings. The van der Waals surface area contributed by atoms with Crippen LogP contribution in [0.4, 0.5) is 14.6 Å². The van der Waals surface area contributed by atoms with Gasteiger partial charge in [-0.25, -0.2) is 4.98 Å². The third-order valence-corrected chi connectivity index (χ3v) is 4.96. The SMILES string of the molecule is COc1cc(NC(=O)C2(c3ccc4c(c3)OC(F)(F)O4)CC2)nc(Cl)c1OC. The number of benzene rings is 1. The normalized spacial score (nSPS) is 17.8. The molecule has 7 nitrogen and oxygen atoms in total. The average molecular weight is 413 g/mol. The van der Waals surface area contributed by atoms with Crippen molar-refractivity contribution in [3.63, 3.8) is 0 Å². The third-order valence-electron chi connectivity index (χ3n) is 4.70. The van der Waals surface area contributed by atoms with Crippen molar-refractivity contribution in [2.75, 3.05) is 19.5 Å². The van der Waals surface area contributed by atoms with Crippen LogP contribution in [0.2, 0.25) is 5.15 Å². The monoisotopic (exact) mass is 412 g/mol. The lowest BCUT2D eigenvalue weighted by atomic mass is 9.94. The van der Waals surface area contributed by atoms with E-state index in [1.807, 2.05) is 0 Å². The highest BCUT2D eigenvalue weighted by molar-refractivity contribution is 6.31. The average Bonchev–Trinajstić information content (AvgIpc) is 3.38. The number of nitrogens with zero attached hydrogens (tertiary/aromatic N) is 1. The van der Waals surface area contributed by atoms with Gasteiger partial charge in [0, 0.05) is 6.07 Å². The topological polar surface area (TPSA) is 78.9 Å². The fourth-order valence-electron chi connectivity index (χ4n) is 3.14. The number of pyridine rings is 1. The summed E-state index contributed by atoms with van der Waals surface area (Å²) in [4.78, 5) is 17.0. The first-order valence-electron chi connectivity index (χ1n) is 8.28. The predicted molar refractivity (Wildman–Crippen MR) is 94.5 cm³/mol. The summed E-state index contributed by atoms with van der Waals surface area (Å²) in [5.74, 6) is 0.236. The van der Waals surface area contributed by atoms with E-state index >= 15 is 0 Å². The Bertz CT molecular complexity index is 965. The van der Waals surface area contributed by atoms with E-state index in [0.29, 0.717) is 24.2 Å². The second-order valence-corrected chi connectivity index (χ2v) is 6.76. The van der Waals surface area contributed by atoms with Crippen molar-refractivity contribution in [2.45, 2.75) is 24.6 Å². The van der Waals surface area contributed by atoms with Gasteiger partial charge in [-0.1, -0.05) is 17.7 Å². The van der Waals surface area contributed by atoms with Gasteiger partial charge in [-0.3, -0.25) is 4.79 Å². The van der Waals surface area contributed by atoms with Gasteiger partial charge in [0.25, 0.3) is 0 Å². The van der Waals surface area contributed by atoms with Crippen LogP contribution < -0.4 is 24.3 Å². The number of rotatable bonds is 5. The summed E-state index contributed by atoms with van der Waals surface area (Å²) < 4.78 is 45.6. The fourth-order valence-corrected chi connectivity index (χ4v) is 3.40. The number of ether oxygens (including phenoxy) is 4. The lowest BCUT2D eigenvalue weighted by Gasteiger charge is -2.17. The summed E-state index contributed by atoms with van der Waals surface area (Å²) in [6.07, 6.45) is -2.61. The molecule has 1 aromatic carbocycles. The summed E-state index contributed by atoms with van der Waals surface area (Å²) in [5, 5.41) is 2.74. The zero-order chi connectivity index (χ0) is 20.1. The summed E-state index contributed by atoms with van der Waals surface area (Å²) >= 11 is 6.07. The third kappa shape index (κ3) is 3.05. The molecule has 1 amide bonds. The van der Waals surface area contributed by atoms with Crippen LogP contribution in [0.25, 0.3) is 0 Å². The Kier molecular flexibility index (Phi) is 4.22. The van der Waals surface area contributed by atoms with Crippen molar-refractivity contribution in [1.29, 1.82) is 0 Å². The number of fused-ring (bicyclic) bond motifs is 1. The molecule has 1 aliphatic carbocycles. The molecule has 1 N–H and O–H groups in total. The van der Waals surface area contributed by atoms with Gasteiger partial charge in [-0.15, -0.1) is 8.78 Å². The van der Waals surface area contributed by atoms with Gasteiger partial charge in [0.05, 0.1) is 19.6 Å². The van der Waals surface area contributed by atoms with Gasteiger partial charge < -0.3 is 24.3 Å². The summed E-state index contributed by atoms with van der Waals surface area (Å²) in [6, 6.07) is 5.83. The van der Waals surface area contributed by atoms with Crippen LogP contribution in [0, 0.1) is 0 Å². The van der Waals surface area contributed by atoms with Crippen molar-refractivity contribution in [1.82, 2.24) is 4.98 Å². The van der Waals surface area contributed by atoms with Crippen molar-refractivity contribution in [2.24, 2.45) is 0 Å². The maximum Gasteiger partial charge on any atom is 0.586 e. The largest absolute Gasteiger partial charge is 0.586 e. The first kappa shape index (κ1) is 18.5. The molecule has 2 aliphatic rings. The predicted octanol–water partition coefficient (Wildman–Crippen LogP) is 3.74. The highest BCUT2D eigenvalue weighted by Gasteiger charge is 2.53. The molecule has 1 aliphatic heterocycles. The van der Waals surface area contributed by atoms with E-state index in [4.69, 9.17) is 21.1 Å². The van der Waals surface area contributed by atoms with E-state index in [-0.39, 0.29) is 34.1 Å². The van der Waals surface area contributed by atoms with E-state index in [1.165, 1.54) is 32.4 Å². The van der Waals surface area contributed by atoms with Crippen LogP contribution in [0.15, 0.2) is 24.3 Å². The van der Waals surface area contributed by atoms with Crippen LogP contribution >= 0.6 is 11.6 Å². The fraction of sp³-hybridized carbons (Fsp3) is 0.333. The number of methoxy groups -OCH3 is 2. The minimum Gasteiger partial charge on any atom is -0.493 e. The molecule has 1 fully saturated rings. The summed E-state index contributed by atoms with van der Waals surface area (Å²) in [6.45, 7) is 0. The number of halogens is 3. The Balaban J connectivity index is 1.59. The van der Waals surface area contributed by atoms with Gasteiger partial charge >= 0.3 is 6.29 Å². The first-order chi connectivity index (χ1) is 13.3. The molecule has 1 saturated carbocycles. The lowest BCUT2D eigenvalue weighted by molar-refractivity contribution is -0.286.